The molecule has 2 aromatic rings. The molecule has 0 atom stereocenters. The molecule has 1 aromatic carbocycles. The van der Waals surface area contributed by atoms with Crippen LogP contribution in [0.4, 0.5) is 5.69 Å². The van der Waals surface area contributed by atoms with Crippen molar-refractivity contribution in [2.45, 2.75) is 11.0 Å². The van der Waals surface area contributed by atoms with Gasteiger partial charge in [0.05, 0.1) is 22.2 Å². The molecular weight excluding hydrogens is 353 g/mol. The molecule has 21 heavy (non-hydrogen) atoms. The van der Waals surface area contributed by atoms with Gasteiger partial charge in [-0.1, -0.05) is 35.0 Å². The predicted octanol–water partition coefficient (Wildman–Crippen LogP) is 3.97. The number of halogens is 2. The van der Waals surface area contributed by atoms with Crippen LogP contribution in [-0.4, -0.2) is 28.1 Å². The highest BCUT2D eigenvalue weighted by atomic mass is 35.5. The fourth-order valence-corrected chi connectivity index (χ4v) is 2.67. The fraction of sp³-hybridized carbons (Fsp3) is 0.250. The van der Waals surface area contributed by atoms with E-state index in [9.17, 15) is 4.79 Å². The van der Waals surface area contributed by atoms with Crippen LogP contribution in [-0.2, 0) is 10.5 Å². The van der Waals surface area contributed by atoms with Crippen LogP contribution in [0.25, 0.3) is 0 Å². The van der Waals surface area contributed by atoms with Crippen molar-refractivity contribution in [3.63, 3.8) is 0 Å². The second-order valence-electron chi connectivity index (χ2n) is 3.86. The molecule has 0 aliphatic carbocycles. The van der Waals surface area contributed by atoms with Gasteiger partial charge >= 0.3 is 0 Å². The summed E-state index contributed by atoms with van der Waals surface area (Å²) in [6.45, 7) is 0. The summed E-state index contributed by atoms with van der Waals surface area (Å²) in [5.41, 5.74) is 0.475. The Morgan fingerprint density at radius 3 is 2.95 bits per heavy atom. The Morgan fingerprint density at radius 1 is 1.38 bits per heavy atom. The minimum atomic E-state index is -0.228. The molecule has 0 fully saturated rings. The van der Waals surface area contributed by atoms with Gasteiger partial charge in [-0.3, -0.25) is 4.79 Å². The van der Waals surface area contributed by atoms with Gasteiger partial charge in [0.25, 0.3) is 5.22 Å². The molecule has 2 rings (SSSR count). The molecule has 0 radical (unpaired) electrons. The number of anilines is 1. The number of thioether (sulfide) groups is 2. The highest BCUT2D eigenvalue weighted by Gasteiger charge is 2.11. The molecule has 9 heteroatoms. The monoisotopic (exact) mass is 363 g/mol. The van der Waals surface area contributed by atoms with E-state index >= 15 is 0 Å². The third-order valence-corrected chi connectivity index (χ3v) is 4.16. The van der Waals surface area contributed by atoms with E-state index in [1.54, 1.807) is 30.0 Å². The Labute approximate surface area is 140 Å². The Morgan fingerprint density at radius 2 is 2.19 bits per heavy atom. The van der Waals surface area contributed by atoms with Gasteiger partial charge in [0.15, 0.2) is 0 Å². The van der Waals surface area contributed by atoms with Gasteiger partial charge in [-0.2, -0.15) is 11.8 Å². The van der Waals surface area contributed by atoms with Crippen molar-refractivity contribution >= 4 is 58.3 Å². The number of benzene rings is 1. The summed E-state index contributed by atoms with van der Waals surface area (Å²) in [5, 5.41) is 11.7. The van der Waals surface area contributed by atoms with Gasteiger partial charge in [0.1, 0.15) is 0 Å². The Balaban J connectivity index is 1.88. The Hall–Kier alpha value is -0.890. The van der Waals surface area contributed by atoms with Crippen LogP contribution in [0.1, 0.15) is 5.89 Å². The molecule has 0 bridgehead atoms. The van der Waals surface area contributed by atoms with Gasteiger partial charge < -0.3 is 9.73 Å². The molecular formula is C12H11Cl2N3O2S2. The molecule has 1 heterocycles. The molecule has 112 valence electrons. The van der Waals surface area contributed by atoms with Gasteiger partial charge in [-0.05, 0) is 24.5 Å². The second kappa shape index (κ2) is 7.93. The average molecular weight is 364 g/mol. The van der Waals surface area contributed by atoms with Crippen molar-refractivity contribution in [2.75, 3.05) is 17.3 Å². The number of carbonyl (C=O) groups excluding carboxylic acids is 1. The number of amides is 1. The molecule has 0 spiro atoms. The number of aromatic nitrogens is 2. The lowest BCUT2D eigenvalue weighted by molar-refractivity contribution is -0.113. The lowest BCUT2D eigenvalue weighted by Crippen LogP contribution is -2.14. The first-order valence-electron chi connectivity index (χ1n) is 5.77. The summed E-state index contributed by atoms with van der Waals surface area (Å²) in [6, 6.07) is 4.87. The maximum absolute atomic E-state index is 11.9. The molecule has 1 amide bonds. The van der Waals surface area contributed by atoms with Gasteiger partial charge in [0.2, 0.25) is 11.8 Å². The summed E-state index contributed by atoms with van der Waals surface area (Å²) in [5.74, 6) is 1.11. The highest BCUT2D eigenvalue weighted by Crippen LogP contribution is 2.26. The largest absolute Gasteiger partial charge is 0.415 e. The number of nitrogens with zero attached hydrogens (tertiary/aromatic N) is 2. The van der Waals surface area contributed by atoms with E-state index in [0.717, 1.165) is 0 Å². The molecule has 1 N–H and O–H groups in total. The summed E-state index contributed by atoms with van der Waals surface area (Å²) < 4.78 is 5.36. The third-order valence-electron chi connectivity index (χ3n) is 2.25. The van der Waals surface area contributed by atoms with E-state index in [-0.39, 0.29) is 11.7 Å². The van der Waals surface area contributed by atoms with E-state index < -0.39 is 0 Å². The molecule has 0 aliphatic rings. The average Bonchev–Trinajstić information content (AvgIpc) is 2.89. The Kier molecular flexibility index (Phi) is 6.22. The zero-order valence-electron chi connectivity index (χ0n) is 10.9. The van der Waals surface area contributed by atoms with Crippen LogP contribution in [0.2, 0.25) is 10.0 Å². The van der Waals surface area contributed by atoms with Crippen molar-refractivity contribution in [1.29, 1.82) is 0 Å². The lowest BCUT2D eigenvalue weighted by atomic mass is 10.3. The van der Waals surface area contributed by atoms with Crippen LogP contribution in [0.3, 0.4) is 0 Å². The summed E-state index contributed by atoms with van der Waals surface area (Å²) in [6.07, 6.45) is 1.94. The quantitative estimate of drug-likeness (QED) is 0.783. The van der Waals surface area contributed by atoms with Gasteiger partial charge in [-0.25, -0.2) is 0 Å². The summed E-state index contributed by atoms with van der Waals surface area (Å²) >= 11 is 14.6. The van der Waals surface area contributed by atoms with Gasteiger partial charge in [-0.15, -0.1) is 10.2 Å². The first kappa shape index (κ1) is 16.5. The topological polar surface area (TPSA) is 68.0 Å². The second-order valence-corrected chi connectivity index (χ2v) is 6.49. The number of hydrogen-bond donors (Lipinski definition) is 1. The number of hydrogen-bond acceptors (Lipinski definition) is 6. The highest BCUT2D eigenvalue weighted by molar-refractivity contribution is 7.99. The Bertz CT molecular complexity index is 637. The van der Waals surface area contributed by atoms with Crippen molar-refractivity contribution in [3.8, 4) is 0 Å². The molecule has 0 saturated carbocycles. The van der Waals surface area contributed by atoms with E-state index in [0.29, 0.717) is 32.6 Å². The van der Waals surface area contributed by atoms with Crippen LogP contribution in [0.15, 0.2) is 27.8 Å². The minimum Gasteiger partial charge on any atom is -0.415 e. The molecule has 5 nitrogen and oxygen atoms in total. The first-order valence-corrected chi connectivity index (χ1v) is 8.91. The zero-order chi connectivity index (χ0) is 15.2. The molecule has 0 aliphatic heterocycles. The van der Waals surface area contributed by atoms with Crippen LogP contribution >= 0.6 is 46.7 Å². The predicted molar refractivity (Wildman–Crippen MR) is 87.3 cm³/mol. The van der Waals surface area contributed by atoms with E-state index in [4.69, 9.17) is 27.6 Å². The summed E-state index contributed by atoms with van der Waals surface area (Å²) in [7, 11) is 0. The normalized spacial score (nSPS) is 10.6. The zero-order valence-corrected chi connectivity index (χ0v) is 14.1. The van der Waals surface area contributed by atoms with E-state index in [1.165, 1.54) is 11.8 Å². The minimum absolute atomic E-state index is 0.143. The lowest BCUT2D eigenvalue weighted by Gasteiger charge is -2.06. The maximum Gasteiger partial charge on any atom is 0.277 e. The number of carbonyl (C=O) groups is 1. The van der Waals surface area contributed by atoms with E-state index in [1.807, 2.05) is 6.26 Å². The SMILES string of the molecule is CSCc1nnc(SCC(=O)Nc2cc(Cl)ccc2Cl)o1. The van der Waals surface area contributed by atoms with E-state index in [2.05, 4.69) is 15.5 Å². The number of nitrogens with one attached hydrogen (secondary N) is 1. The first-order chi connectivity index (χ1) is 10.1. The fourth-order valence-electron chi connectivity index (χ4n) is 1.39. The van der Waals surface area contributed by atoms with Crippen LogP contribution in [0.5, 0.6) is 0 Å². The smallest absolute Gasteiger partial charge is 0.277 e. The van der Waals surface area contributed by atoms with Gasteiger partial charge in [0, 0.05) is 5.02 Å². The molecule has 0 unspecified atom stereocenters. The van der Waals surface area contributed by atoms with Crippen molar-refractivity contribution in [2.24, 2.45) is 0 Å². The standard InChI is InChI=1S/C12H11Cl2N3O2S2/c1-20-6-11-16-17-12(19-11)21-5-10(18)15-9-4-7(13)2-3-8(9)14/h2-4H,5-6H2,1H3,(H,15,18). The van der Waals surface area contributed by atoms with Crippen molar-refractivity contribution in [1.82, 2.24) is 10.2 Å². The number of rotatable bonds is 6. The van der Waals surface area contributed by atoms with Crippen LogP contribution < -0.4 is 5.32 Å². The van der Waals surface area contributed by atoms with Crippen molar-refractivity contribution in [3.05, 3.63) is 34.1 Å². The van der Waals surface area contributed by atoms with Crippen LogP contribution in [0, 0.1) is 0 Å². The van der Waals surface area contributed by atoms with Crippen molar-refractivity contribution < 1.29 is 9.21 Å². The molecule has 0 saturated heterocycles. The summed E-state index contributed by atoms with van der Waals surface area (Å²) in [4.78, 5) is 11.9. The third kappa shape index (κ3) is 5.10. The maximum atomic E-state index is 11.9. The molecule has 1 aromatic heterocycles.